The molecule has 17 heteroatoms. The van der Waals surface area contributed by atoms with Crippen molar-refractivity contribution in [3.8, 4) is 0 Å². The monoisotopic (exact) mass is 754 g/mol. The maximum Gasteiger partial charge on any atom is 0.416 e. The van der Waals surface area contributed by atoms with Gasteiger partial charge < -0.3 is 35.9 Å². The average molecular weight is 755 g/mol. The second kappa shape index (κ2) is 14.0. The zero-order chi connectivity index (χ0) is 34.2. The largest absolute Gasteiger partial charge is 0.781 e. The third-order valence-electron chi connectivity index (χ3n) is 6.49. The van der Waals surface area contributed by atoms with E-state index >= 15 is 0 Å². The number of benzene rings is 4. The van der Waals surface area contributed by atoms with Gasteiger partial charge in [0.25, 0.3) is 0 Å². The van der Waals surface area contributed by atoms with Crippen LogP contribution in [0.3, 0.4) is 0 Å². The van der Waals surface area contributed by atoms with E-state index < -0.39 is 70.2 Å². The summed E-state index contributed by atoms with van der Waals surface area (Å²) in [6, 6.07) is 7.17. The van der Waals surface area contributed by atoms with E-state index in [2.05, 4.69) is 10.6 Å². The summed E-state index contributed by atoms with van der Waals surface area (Å²) < 4.78 is 167. The molecule has 0 aliphatic carbocycles. The van der Waals surface area contributed by atoms with Crippen LogP contribution in [0.25, 0.3) is 10.6 Å². The standard InChI is InChI=1S/C30H18F12N2S2.Ni/c31-27(32,33)17-9-15(10-18(13-17)28(34,35)36)25(43-21-5-1-3-7-23(21)45)26(44-22-6-2-4-8-24(22)46)16-11-19(29(37,38)39)14-20(12-16)30(40,41)42;/h1-14,25-26,45-46H;/q-2;/p-2. The van der Waals surface area contributed by atoms with Crippen molar-refractivity contribution < 1.29 is 69.2 Å². The zero-order valence-electron chi connectivity index (χ0n) is 22.8. The molecule has 0 amide bonds. The summed E-state index contributed by atoms with van der Waals surface area (Å²) in [4.78, 5) is -0.143. The van der Waals surface area contributed by atoms with Crippen molar-refractivity contribution in [1.29, 1.82) is 0 Å². The molecule has 0 aromatic heterocycles. The average Bonchev–Trinajstić information content (AvgIpc) is 2.94. The molecule has 4 rings (SSSR count). The quantitative estimate of drug-likeness (QED) is 0.107. The van der Waals surface area contributed by atoms with E-state index in [9.17, 15) is 52.7 Å². The van der Waals surface area contributed by atoms with Gasteiger partial charge in [0.05, 0.1) is 22.3 Å². The first-order chi connectivity index (χ1) is 21.1. The molecule has 0 saturated carbocycles. The summed E-state index contributed by atoms with van der Waals surface area (Å²) in [5, 5.41) is 8.46. The Kier molecular flexibility index (Phi) is 11.3. The minimum absolute atomic E-state index is 0. The van der Waals surface area contributed by atoms with Crippen LogP contribution in [0.5, 0.6) is 0 Å². The molecule has 0 aliphatic heterocycles. The number of nitrogens with zero attached hydrogens (tertiary/aromatic N) is 2. The van der Waals surface area contributed by atoms with Gasteiger partial charge >= 0.3 is 24.7 Å². The number of rotatable bonds is 7. The molecule has 256 valence electrons. The van der Waals surface area contributed by atoms with E-state index in [1.54, 1.807) is 0 Å². The molecule has 47 heavy (non-hydrogen) atoms. The van der Waals surface area contributed by atoms with Crippen molar-refractivity contribution in [2.24, 2.45) is 0 Å². The van der Waals surface area contributed by atoms with Gasteiger partial charge in [-0.05, 0) is 36.4 Å². The normalized spacial score (nSPS) is 13.8. The molecule has 0 radical (unpaired) electrons. The van der Waals surface area contributed by atoms with Gasteiger partial charge in [-0.1, -0.05) is 59.7 Å². The van der Waals surface area contributed by atoms with Crippen LogP contribution in [0.1, 0.15) is 45.5 Å². The topological polar surface area (TPSA) is 28.2 Å². The number of hydrogen-bond acceptors (Lipinski definition) is 2. The Balaban J connectivity index is 0.00000600. The van der Waals surface area contributed by atoms with Crippen molar-refractivity contribution >= 4 is 36.6 Å². The van der Waals surface area contributed by atoms with Gasteiger partial charge in [-0.3, -0.25) is 0 Å². The Morgan fingerprint density at radius 2 is 0.681 bits per heavy atom. The minimum atomic E-state index is -5.35. The number of alkyl halides is 12. The first kappa shape index (κ1) is 38.0. The van der Waals surface area contributed by atoms with Crippen molar-refractivity contribution in [2.45, 2.75) is 46.6 Å². The van der Waals surface area contributed by atoms with E-state index in [-0.39, 0.29) is 74.1 Å². The second-order valence-corrected chi connectivity index (χ2v) is 10.6. The van der Waals surface area contributed by atoms with Gasteiger partial charge in [0.15, 0.2) is 0 Å². The van der Waals surface area contributed by atoms with E-state index in [1.807, 2.05) is 0 Å². The molecular formula is C30H16F12N2NiS2-4. The fourth-order valence-corrected chi connectivity index (χ4v) is 4.78. The van der Waals surface area contributed by atoms with E-state index in [0.29, 0.717) is 0 Å². The molecule has 2 unspecified atom stereocenters. The SMILES string of the molecule is FC(F)(F)c1cc(C([N-]c2ccccc2[S-])C([N-]c2ccccc2[S-])c2cc(C(F)(F)F)cc(C(F)(F)F)c2)cc(C(F)(F)F)c1.[Ni]. The second-order valence-electron chi connectivity index (χ2n) is 9.76. The van der Waals surface area contributed by atoms with Gasteiger partial charge in [0.1, 0.15) is 0 Å². The van der Waals surface area contributed by atoms with Gasteiger partial charge in [-0.2, -0.15) is 73.9 Å². The summed E-state index contributed by atoms with van der Waals surface area (Å²) in [6.07, 6.45) is -21.4. The van der Waals surface area contributed by atoms with Crippen LogP contribution in [0.4, 0.5) is 64.1 Å². The van der Waals surface area contributed by atoms with Gasteiger partial charge in [-0.25, -0.2) is 0 Å². The van der Waals surface area contributed by atoms with Crippen molar-refractivity contribution in [3.63, 3.8) is 0 Å². The number of para-hydroxylation sites is 2. The Bertz CT molecular complexity index is 1510. The molecule has 0 heterocycles. The van der Waals surface area contributed by atoms with Crippen LogP contribution in [0, 0.1) is 0 Å². The molecule has 0 fully saturated rings. The third-order valence-corrected chi connectivity index (χ3v) is 7.18. The molecule has 0 saturated heterocycles. The fourth-order valence-electron chi connectivity index (χ4n) is 4.38. The minimum Gasteiger partial charge on any atom is -0.781 e. The van der Waals surface area contributed by atoms with E-state index in [0.717, 1.165) is 0 Å². The Hall–Kier alpha value is -3.43. The summed E-state index contributed by atoms with van der Waals surface area (Å²) in [6.45, 7) is 0. The van der Waals surface area contributed by atoms with Crippen LogP contribution in [0.2, 0.25) is 0 Å². The maximum atomic E-state index is 13.9. The molecule has 2 nitrogen and oxygen atoms in total. The molecule has 0 bridgehead atoms. The van der Waals surface area contributed by atoms with Crippen LogP contribution < -0.4 is 0 Å². The van der Waals surface area contributed by atoms with Crippen molar-refractivity contribution in [2.75, 3.05) is 0 Å². The van der Waals surface area contributed by atoms with Gasteiger partial charge in [0.2, 0.25) is 0 Å². The molecule has 2 atom stereocenters. The van der Waals surface area contributed by atoms with Crippen LogP contribution in [0.15, 0.2) is 94.7 Å². The third kappa shape index (κ3) is 9.35. The summed E-state index contributed by atoms with van der Waals surface area (Å²) in [5.41, 5.74) is -9.35. The first-order valence-corrected chi connectivity index (χ1v) is 13.5. The molecule has 0 N–H and O–H groups in total. The zero-order valence-corrected chi connectivity index (χ0v) is 25.4. The summed E-state index contributed by atoms with van der Waals surface area (Å²) in [7, 11) is 0. The summed E-state index contributed by atoms with van der Waals surface area (Å²) >= 11 is 10.4. The van der Waals surface area contributed by atoms with E-state index in [4.69, 9.17) is 25.3 Å². The van der Waals surface area contributed by atoms with Gasteiger partial charge in [0, 0.05) is 16.5 Å². The first-order valence-electron chi connectivity index (χ1n) is 12.7. The van der Waals surface area contributed by atoms with Crippen LogP contribution in [-0.4, -0.2) is 0 Å². The Labute approximate surface area is 280 Å². The number of halogens is 12. The molecular weight excluding hydrogens is 739 g/mol. The molecule has 4 aromatic carbocycles. The predicted octanol–water partition coefficient (Wildman–Crippen LogP) is 11.8. The molecule has 0 aliphatic rings. The Morgan fingerprint density at radius 3 is 0.915 bits per heavy atom. The molecule has 0 spiro atoms. The predicted molar refractivity (Wildman–Crippen MR) is 149 cm³/mol. The van der Waals surface area contributed by atoms with Crippen LogP contribution in [-0.2, 0) is 66.5 Å². The van der Waals surface area contributed by atoms with Gasteiger partial charge in [-0.15, -0.1) is 12.1 Å². The van der Waals surface area contributed by atoms with E-state index in [1.165, 1.54) is 48.5 Å². The van der Waals surface area contributed by atoms with Crippen LogP contribution >= 0.6 is 0 Å². The van der Waals surface area contributed by atoms with Crippen molar-refractivity contribution in [3.05, 3.63) is 129 Å². The maximum absolute atomic E-state index is 13.9. The number of hydrogen-bond donors (Lipinski definition) is 0. The fraction of sp³-hybridized carbons (Fsp3) is 0.200. The smallest absolute Gasteiger partial charge is 0.416 e. The van der Waals surface area contributed by atoms with Crippen molar-refractivity contribution in [1.82, 2.24) is 0 Å². The Morgan fingerprint density at radius 1 is 0.426 bits per heavy atom. The molecule has 4 aromatic rings. The summed E-state index contributed by atoms with van der Waals surface area (Å²) in [5.74, 6) is 0.